The Bertz CT molecular complexity index is 127. The maximum Gasteiger partial charge on any atom is 0.0738 e. The Hall–Kier alpha value is -0.0800. The number of rotatable bonds is 3. The van der Waals surface area contributed by atoms with E-state index in [0.717, 1.165) is 12.5 Å². The summed E-state index contributed by atoms with van der Waals surface area (Å²) >= 11 is 0. The third-order valence-electron chi connectivity index (χ3n) is 3.23. The van der Waals surface area contributed by atoms with Crippen LogP contribution in [0.5, 0.6) is 0 Å². The fourth-order valence-electron chi connectivity index (χ4n) is 2.02. The summed E-state index contributed by atoms with van der Waals surface area (Å²) in [5.74, 6) is 6.03. The number of hydrogen-bond donors (Lipinski definition) is 1. The molecule has 2 rings (SSSR count). The van der Waals surface area contributed by atoms with Crippen LogP contribution in [0, 0.1) is 11.3 Å². The number of hydrogen-bond acceptors (Lipinski definition) is 2. The van der Waals surface area contributed by atoms with Gasteiger partial charge in [0.1, 0.15) is 0 Å². The molecule has 0 aliphatic heterocycles. The molecule has 2 saturated carbocycles. The second-order valence-corrected chi connectivity index (χ2v) is 3.80. The van der Waals surface area contributed by atoms with Crippen molar-refractivity contribution in [3.05, 3.63) is 0 Å². The molecule has 2 N–H and O–H groups in total. The van der Waals surface area contributed by atoms with E-state index in [-0.39, 0.29) is 0 Å². The zero-order valence-electron chi connectivity index (χ0n) is 6.31. The minimum absolute atomic E-state index is 0.549. The van der Waals surface area contributed by atoms with E-state index in [9.17, 15) is 0 Å². The topological polar surface area (TPSA) is 35.2 Å². The van der Waals surface area contributed by atoms with E-state index in [0.29, 0.717) is 5.41 Å². The largest absolute Gasteiger partial charge is 0.304 e. The van der Waals surface area contributed by atoms with Gasteiger partial charge >= 0.3 is 0 Å². The van der Waals surface area contributed by atoms with Crippen molar-refractivity contribution in [1.29, 1.82) is 0 Å². The Morgan fingerprint density at radius 1 is 1.40 bits per heavy atom. The molecule has 2 heteroatoms. The molecule has 2 aliphatic carbocycles. The van der Waals surface area contributed by atoms with Crippen molar-refractivity contribution in [2.24, 2.45) is 17.2 Å². The Labute approximate surface area is 61.7 Å². The highest BCUT2D eigenvalue weighted by Gasteiger charge is 2.51. The first-order valence-corrected chi connectivity index (χ1v) is 4.19. The van der Waals surface area contributed by atoms with Gasteiger partial charge in [0.2, 0.25) is 0 Å². The molecule has 0 spiro atoms. The molecule has 0 aromatic rings. The minimum atomic E-state index is 0.549. The minimum Gasteiger partial charge on any atom is -0.304 e. The van der Waals surface area contributed by atoms with Crippen LogP contribution in [0.25, 0.3) is 0 Å². The molecular weight excluding hydrogens is 126 g/mol. The van der Waals surface area contributed by atoms with Crippen molar-refractivity contribution in [3.8, 4) is 0 Å². The third kappa shape index (κ3) is 0.867. The molecule has 0 saturated heterocycles. The molecule has 0 unspecified atom stereocenters. The van der Waals surface area contributed by atoms with Crippen LogP contribution in [0.15, 0.2) is 0 Å². The molecular formula is C8H15NO. The van der Waals surface area contributed by atoms with Crippen molar-refractivity contribution in [2.45, 2.75) is 32.1 Å². The van der Waals surface area contributed by atoms with Crippen molar-refractivity contribution >= 4 is 0 Å². The molecule has 0 heterocycles. The van der Waals surface area contributed by atoms with E-state index < -0.39 is 0 Å². The van der Waals surface area contributed by atoms with Gasteiger partial charge in [-0.25, -0.2) is 5.90 Å². The predicted octanol–water partition coefficient (Wildman–Crippen LogP) is 1.46. The van der Waals surface area contributed by atoms with E-state index in [2.05, 4.69) is 0 Å². The van der Waals surface area contributed by atoms with Gasteiger partial charge in [-0.15, -0.1) is 0 Å². The van der Waals surface area contributed by atoms with E-state index >= 15 is 0 Å². The average molecular weight is 141 g/mol. The monoisotopic (exact) mass is 141 g/mol. The van der Waals surface area contributed by atoms with E-state index in [1.807, 2.05) is 0 Å². The molecule has 2 nitrogen and oxygen atoms in total. The quantitative estimate of drug-likeness (QED) is 0.604. The lowest BCUT2D eigenvalue weighted by Gasteiger charge is -2.33. The molecule has 2 aliphatic rings. The van der Waals surface area contributed by atoms with Crippen molar-refractivity contribution in [2.75, 3.05) is 6.61 Å². The highest BCUT2D eigenvalue weighted by atomic mass is 16.6. The summed E-state index contributed by atoms with van der Waals surface area (Å²) in [4.78, 5) is 4.73. The van der Waals surface area contributed by atoms with Gasteiger partial charge in [0.05, 0.1) is 6.61 Å². The standard InChI is InChI=1S/C8H15NO/c9-10-6-8(4-5-8)7-2-1-3-7/h7H,1-6,9H2. The normalized spacial score (nSPS) is 29.7. The first kappa shape index (κ1) is 6.62. The molecule has 2 fully saturated rings. The van der Waals surface area contributed by atoms with E-state index in [4.69, 9.17) is 10.7 Å². The van der Waals surface area contributed by atoms with Crippen LogP contribution in [-0.2, 0) is 4.84 Å². The second-order valence-electron chi connectivity index (χ2n) is 3.80. The molecule has 0 bridgehead atoms. The molecule has 0 aromatic carbocycles. The van der Waals surface area contributed by atoms with Gasteiger partial charge in [-0.1, -0.05) is 6.42 Å². The fourth-order valence-corrected chi connectivity index (χ4v) is 2.02. The first-order chi connectivity index (χ1) is 4.87. The lowest BCUT2D eigenvalue weighted by Crippen LogP contribution is -2.28. The van der Waals surface area contributed by atoms with E-state index in [1.165, 1.54) is 32.1 Å². The maximum absolute atomic E-state index is 5.07. The average Bonchev–Trinajstić information content (AvgIpc) is 2.44. The van der Waals surface area contributed by atoms with Crippen LogP contribution < -0.4 is 5.90 Å². The Kier molecular flexibility index (Phi) is 1.46. The van der Waals surface area contributed by atoms with Crippen LogP contribution in [0.1, 0.15) is 32.1 Å². The van der Waals surface area contributed by atoms with Crippen LogP contribution in [0.4, 0.5) is 0 Å². The van der Waals surface area contributed by atoms with Crippen LogP contribution in [0.3, 0.4) is 0 Å². The first-order valence-electron chi connectivity index (χ1n) is 4.19. The van der Waals surface area contributed by atoms with Gasteiger partial charge in [-0.3, -0.25) is 0 Å². The SMILES string of the molecule is NOCC1(C2CCC2)CC1. The summed E-state index contributed by atoms with van der Waals surface area (Å²) < 4.78 is 0. The summed E-state index contributed by atoms with van der Waals surface area (Å²) in [6.45, 7) is 0.803. The third-order valence-corrected chi connectivity index (χ3v) is 3.23. The summed E-state index contributed by atoms with van der Waals surface area (Å²) in [5, 5.41) is 0. The summed E-state index contributed by atoms with van der Waals surface area (Å²) in [7, 11) is 0. The molecule has 10 heavy (non-hydrogen) atoms. The molecule has 0 radical (unpaired) electrons. The van der Waals surface area contributed by atoms with Crippen molar-refractivity contribution in [3.63, 3.8) is 0 Å². The zero-order valence-corrected chi connectivity index (χ0v) is 6.31. The maximum atomic E-state index is 5.07. The van der Waals surface area contributed by atoms with Gasteiger partial charge in [0.25, 0.3) is 0 Å². The lowest BCUT2D eigenvalue weighted by molar-refractivity contribution is 0.0410. The number of nitrogens with two attached hydrogens (primary N) is 1. The predicted molar refractivity (Wildman–Crippen MR) is 39.1 cm³/mol. The summed E-state index contributed by atoms with van der Waals surface area (Å²) in [6.07, 6.45) is 6.98. The van der Waals surface area contributed by atoms with Crippen molar-refractivity contribution < 1.29 is 4.84 Å². The van der Waals surface area contributed by atoms with E-state index in [1.54, 1.807) is 0 Å². The zero-order chi connectivity index (χ0) is 7.03. The van der Waals surface area contributed by atoms with Gasteiger partial charge < -0.3 is 4.84 Å². The van der Waals surface area contributed by atoms with Crippen LogP contribution >= 0.6 is 0 Å². The van der Waals surface area contributed by atoms with Gasteiger partial charge in [0.15, 0.2) is 0 Å². The Morgan fingerprint density at radius 3 is 2.40 bits per heavy atom. The second kappa shape index (κ2) is 2.21. The highest BCUT2D eigenvalue weighted by molar-refractivity contribution is 5.00. The lowest BCUT2D eigenvalue weighted by atomic mass is 9.74. The van der Waals surface area contributed by atoms with Gasteiger partial charge in [-0.05, 0) is 37.0 Å². The highest BCUT2D eigenvalue weighted by Crippen LogP contribution is 2.58. The van der Waals surface area contributed by atoms with Crippen LogP contribution in [-0.4, -0.2) is 6.61 Å². The molecule has 58 valence electrons. The summed E-state index contributed by atoms with van der Waals surface area (Å²) in [5.41, 5.74) is 0.549. The Balaban J connectivity index is 1.87. The van der Waals surface area contributed by atoms with Crippen LogP contribution in [0.2, 0.25) is 0 Å². The van der Waals surface area contributed by atoms with Crippen molar-refractivity contribution in [1.82, 2.24) is 0 Å². The Morgan fingerprint density at radius 2 is 2.10 bits per heavy atom. The smallest absolute Gasteiger partial charge is 0.0738 e. The fraction of sp³-hybridized carbons (Fsp3) is 1.00. The summed E-state index contributed by atoms with van der Waals surface area (Å²) in [6, 6.07) is 0. The van der Waals surface area contributed by atoms with Gasteiger partial charge in [-0.2, -0.15) is 0 Å². The van der Waals surface area contributed by atoms with Gasteiger partial charge in [0, 0.05) is 0 Å². The molecule has 0 atom stereocenters. The molecule has 0 aromatic heterocycles. The molecule has 0 amide bonds.